The zero-order valence-corrected chi connectivity index (χ0v) is 14.2. The number of hydrogen-bond acceptors (Lipinski definition) is 4. The molecule has 3 rings (SSSR count). The van der Waals surface area contributed by atoms with Crippen molar-refractivity contribution < 1.29 is 14.3 Å². The number of nitrogens with zero attached hydrogens (tertiary/aromatic N) is 1. The van der Waals surface area contributed by atoms with E-state index in [9.17, 15) is 9.59 Å². The second-order valence-electron chi connectivity index (χ2n) is 5.58. The third-order valence-electron chi connectivity index (χ3n) is 3.62. The number of ether oxygens (including phenoxy) is 1. The van der Waals surface area contributed by atoms with Crippen LogP contribution in [0.4, 0.5) is 0 Å². The summed E-state index contributed by atoms with van der Waals surface area (Å²) in [6.07, 6.45) is -0.945. The molecule has 1 unspecified atom stereocenters. The van der Waals surface area contributed by atoms with E-state index in [-0.39, 0.29) is 5.91 Å². The van der Waals surface area contributed by atoms with Gasteiger partial charge in [-0.3, -0.25) is 4.79 Å². The molecule has 4 nitrogen and oxygen atoms in total. The molecule has 1 heterocycles. The number of amides is 1. The van der Waals surface area contributed by atoms with Crippen molar-refractivity contribution >= 4 is 33.3 Å². The van der Waals surface area contributed by atoms with Crippen LogP contribution in [0.25, 0.3) is 10.1 Å². The normalized spacial score (nSPS) is 11.9. The molecule has 0 saturated heterocycles. The molecule has 0 bridgehead atoms. The zero-order chi connectivity index (χ0) is 17.1. The lowest BCUT2D eigenvalue weighted by Crippen LogP contribution is -2.31. The van der Waals surface area contributed by atoms with Crippen molar-refractivity contribution in [2.45, 2.75) is 6.10 Å². The molecule has 0 spiro atoms. The number of carbonyl (C=O) groups is 2. The first-order chi connectivity index (χ1) is 11.6. The fraction of sp³-hybridized carbons (Fsp3) is 0.158. The predicted octanol–water partition coefficient (Wildman–Crippen LogP) is 3.89. The Hall–Kier alpha value is -2.66. The van der Waals surface area contributed by atoms with Gasteiger partial charge in [-0.15, -0.1) is 11.3 Å². The van der Waals surface area contributed by atoms with E-state index >= 15 is 0 Å². The molecule has 5 heteroatoms. The van der Waals surface area contributed by atoms with Gasteiger partial charge in [0, 0.05) is 24.4 Å². The van der Waals surface area contributed by atoms with Crippen LogP contribution in [-0.4, -0.2) is 30.9 Å². The van der Waals surface area contributed by atoms with Crippen LogP contribution in [-0.2, 0) is 9.53 Å². The Morgan fingerprint density at radius 3 is 2.33 bits per heavy atom. The summed E-state index contributed by atoms with van der Waals surface area (Å²) in [5.41, 5.74) is 0.658. The van der Waals surface area contributed by atoms with Crippen LogP contribution >= 0.6 is 11.3 Å². The van der Waals surface area contributed by atoms with Gasteiger partial charge < -0.3 is 9.64 Å². The van der Waals surface area contributed by atoms with Gasteiger partial charge in [0.15, 0.2) is 0 Å². The summed E-state index contributed by atoms with van der Waals surface area (Å²) in [6, 6.07) is 18.6. The van der Waals surface area contributed by atoms with Gasteiger partial charge in [0.2, 0.25) is 6.10 Å². The monoisotopic (exact) mass is 339 g/mol. The lowest BCUT2D eigenvalue weighted by molar-refractivity contribution is -0.138. The number of rotatable bonds is 4. The minimum absolute atomic E-state index is 0.268. The predicted molar refractivity (Wildman–Crippen MR) is 95.1 cm³/mol. The smallest absolute Gasteiger partial charge is 0.349 e. The van der Waals surface area contributed by atoms with Crippen LogP contribution in [0, 0.1) is 0 Å². The zero-order valence-electron chi connectivity index (χ0n) is 13.4. The Morgan fingerprint density at radius 2 is 1.67 bits per heavy atom. The van der Waals surface area contributed by atoms with Gasteiger partial charge >= 0.3 is 5.97 Å². The summed E-state index contributed by atoms with van der Waals surface area (Å²) >= 11 is 1.36. The van der Waals surface area contributed by atoms with Crippen LogP contribution in [0.15, 0.2) is 60.7 Å². The number of benzene rings is 2. The van der Waals surface area contributed by atoms with Gasteiger partial charge in [-0.05, 0) is 17.5 Å². The molecule has 0 saturated carbocycles. The molecule has 3 aromatic rings. The standard InChI is InChI=1S/C19H17NO3S/c1-20(2)18(21)17(13-8-4-3-5-9-13)23-19(22)16-12-14-10-6-7-11-15(14)24-16/h3-12,17H,1-2H3. The first kappa shape index (κ1) is 16.2. The molecule has 0 radical (unpaired) electrons. The van der Waals surface area contributed by atoms with Crippen LogP contribution in [0.2, 0.25) is 0 Å². The third kappa shape index (κ3) is 3.31. The Balaban J connectivity index is 1.89. The fourth-order valence-corrected chi connectivity index (χ4v) is 3.32. The van der Waals surface area contributed by atoms with E-state index in [1.54, 1.807) is 32.3 Å². The van der Waals surface area contributed by atoms with E-state index in [1.807, 2.05) is 42.5 Å². The number of hydrogen-bond donors (Lipinski definition) is 0. The number of carbonyl (C=O) groups excluding carboxylic acids is 2. The van der Waals surface area contributed by atoms with Gasteiger partial charge in [-0.2, -0.15) is 0 Å². The maximum Gasteiger partial charge on any atom is 0.349 e. The summed E-state index contributed by atoms with van der Waals surface area (Å²) in [6.45, 7) is 0. The van der Waals surface area contributed by atoms with Crippen molar-refractivity contribution in [1.82, 2.24) is 4.90 Å². The molecule has 122 valence electrons. The second-order valence-corrected chi connectivity index (χ2v) is 6.66. The van der Waals surface area contributed by atoms with Crippen LogP contribution in [0.1, 0.15) is 21.3 Å². The van der Waals surface area contributed by atoms with Gasteiger partial charge in [-0.1, -0.05) is 48.5 Å². The van der Waals surface area contributed by atoms with E-state index in [0.29, 0.717) is 10.4 Å². The summed E-state index contributed by atoms with van der Waals surface area (Å²) in [7, 11) is 3.29. The molecular formula is C19H17NO3S. The maximum atomic E-state index is 12.5. The Kier molecular flexibility index (Phi) is 4.62. The van der Waals surface area contributed by atoms with Gasteiger partial charge in [0.05, 0.1) is 0 Å². The molecule has 0 N–H and O–H groups in total. The molecule has 0 aliphatic rings. The lowest BCUT2D eigenvalue weighted by atomic mass is 10.1. The highest BCUT2D eigenvalue weighted by atomic mass is 32.1. The summed E-state index contributed by atoms with van der Waals surface area (Å²) in [4.78, 5) is 26.9. The summed E-state index contributed by atoms with van der Waals surface area (Å²) in [5.74, 6) is -0.754. The van der Waals surface area contributed by atoms with Crippen molar-refractivity contribution in [3.05, 3.63) is 71.1 Å². The van der Waals surface area contributed by atoms with Gasteiger partial charge in [-0.25, -0.2) is 4.79 Å². The van der Waals surface area contributed by atoms with Crippen molar-refractivity contribution in [3.8, 4) is 0 Å². The first-order valence-corrected chi connectivity index (χ1v) is 8.33. The van der Waals surface area contributed by atoms with Crippen LogP contribution in [0.3, 0.4) is 0 Å². The average Bonchev–Trinajstić information content (AvgIpc) is 3.04. The van der Waals surface area contributed by atoms with Crippen molar-refractivity contribution in [2.75, 3.05) is 14.1 Å². The number of fused-ring (bicyclic) bond motifs is 1. The topological polar surface area (TPSA) is 46.6 Å². The highest BCUT2D eigenvalue weighted by molar-refractivity contribution is 7.20. The Labute approximate surface area is 144 Å². The second kappa shape index (κ2) is 6.84. The molecule has 2 aromatic carbocycles. The molecule has 1 aromatic heterocycles. The molecule has 0 aliphatic carbocycles. The van der Waals surface area contributed by atoms with Crippen molar-refractivity contribution in [3.63, 3.8) is 0 Å². The first-order valence-electron chi connectivity index (χ1n) is 7.52. The van der Waals surface area contributed by atoms with E-state index in [4.69, 9.17) is 4.74 Å². The fourth-order valence-electron chi connectivity index (χ4n) is 2.37. The maximum absolute atomic E-state index is 12.5. The van der Waals surface area contributed by atoms with Gasteiger partial charge in [0.25, 0.3) is 5.91 Å². The summed E-state index contributed by atoms with van der Waals surface area (Å²) < 4.78 is 6.57. The lowest BCUT2D eigenvalue weighted by Gasteiger charge is -2.20. The number of likely N-dealkylation sites (N-methyl/N-ethyl adjacent to an activating group) is 1. The quantitative estimate of drug-likeness (QED) is 0.678. The van der Waals surface area contributed by atoms with E-state index in [1.165, 1.54) is 16.2 Å². The van der Waals surface area contributed by atoms with Crippen molar-refractivity contribution in [2.24, 2.45) is 0 Å². The number of esters is 1. The molecule has 0 fully saturated rings. The van der Waals surface area contributed by atoms with E-state index in [2.05, 4.69) is 0 Å². The minimum atomic E-state index is -0.945. The molecule has 24 heavy (non-hydrogen) atoms. The highest BCUT2D eigenvalue weighted by Gasteiger charge is 2.27. The molecule has 0 aliphatic heterocycles. The summed E-state index contributed by atoms with van der Waals surface area (Å²) in [5, 5.41) is 0.990. The largest absolute Gasteiger partial charge is 0.443 e. The van der Waals surface area contributed by atoms with E-state index in [0.717, 1.165) is 10.1 Å². The number of thiophene rings is 1. The Morgan fingerprint density at radius 1 is 1.00 bits per heavy atom. The van der Waals surface area contributed by atoms with E-state index < -0.39 is 12.1 Å². The Bertz CT molecular complexity index is 837. The average molecular weight is 339 g/mol. The SMILES string of the molecule is CN(C)C(=O)C(OC(=O)c1cc2ccccc2s1)c1ccccc1. The van der Waals surface area contributed by atoms with Crippen LogP contribution in [0.5, 0.6) is 0 Å². The minimum Gasteiger partial charge on any atom is -0.443 e. The molecule has 1 atom stereocenters. The van der Waals surface area contributed by atoms with Crippen molar-refractivity contribution in [1.29, 1.82) is 0 Å². The third-order valence-corrected chi connectivity index (χ3v) is 4.72. The highest BCUT2D eigenvalue weighted by Crippen LogP contribution is 2.28. The molecule has 1 amide bonds. The van der Waals surface area contributed by atoms with Crippen LogP contribution < -0.4 is 0 Å². The van der Waals surface area contributed by atoms with Gasteiger partial charge in [0.1, 0.15) is 4.88 Å². The molecular weight excluding hydrogens is 322 g/mol.